The Balaban J connectivity index is 3.02. The summed E-state index contributed by atoms with van der Waals surface area (Å²) < 4.78 is 0.492. The van der Waals surface area contributed by atoms with Gasteiger partial charge < -0.3 is 10.3 Å². The lowest BCUT2D eigenvalue weighted by Crippen LogP contribution is -2.24. The summed E-state index contributed by atoms with van der Waals surface area (Å²) in [4.78, 5) is 10.0. The average Bonchev–Trinajstić information content (AvgIpc) is 2.18. The zero-order valence-electron chi connectivity index (χ0n) is 7.87. The van der Waals surface area contributed by atoms with E-state index in [4.69, 9.17) is 5.11 Å². The van der Waals surface area contributed by atoms with Crippen LogP contribution in [0.3, 0.4) is 0 Å². The molecule has 0 aliphatic carbocycles. The van der Waals surface area contributed by atoms with Crippen LogP contribution < -0.4 is 4.73 Å². The van der Waals surface area contributed by atoms with E-state index < -0.39 is 4.92 Å². The maximum atomic E-state index is 10.9. The first kappa shape index (κ1) is 11.1. The maximum absolute atomic E-state index is 10.9. The molecule has 6 nitrogen and oxygen atoms in total. The van der Waals surface area contributed by atoms with Crippen LogP contribution in [0.2, 0.25) is 0 Å². The zero-order valence-corrected chi connectivity index (χ0v) is 7.87. The van der Waals surface area contributed by atoms with Crippen molar-refractivity contribution in [2.75, 3.05) is 6.61 Å². The number of nitro groups is 1. The molecular weight excluding hydrogens is 200 g/mol. The van der Waals surface area contributed by atoms with Crippen molar-refractivity contribution in [2.24, 2.45) is 0 Å². The van der Waals surface area contributed by atoms with Gasteiger partial charge in [-0.25, -0.2) is 0 Å². The van der Waals surface area contributed by atoms with Crippen molar-refractivity contribution in [1.29, 1.82) is 0 Å². The second-order valence-corrected chi connectivity index (χ2v) is 2.82. The van der Waals surface area contributed by atoms with Crippen molar-refractivity contribution in [3.05, 3.63) is 45.4 Å². The number of hydrogen-bond donors (Lipinski definition) is 1. The van der Waals surface area contributed by atoms with Gasteiger partial charge in [0.1, 0.15) is 5.56 Å². The van der Waals surface area contributed by atoms with Gasteiger partial charge in [-0.3, -0.25) is 10.1 Å². The molecule has 6 heteroatoms. The molecule has 0 atom stereocenters. The van der Waals surface area contributed by atoms with Gasteiger partial charge in [-0.1, -0.05) is 6.08 Å². The first-order valence-corrected chi connectivity index (χ1v) is 4.29. The van der Waals surface area contributed by atoms with Crippen molar-refractivity contribution in [1.82, 2.24) is 0 Å². The summed E-state index contributed by atoms with van der Waals surface area (Å²) in [7, 11) is 0. The summed E-state index contributed by atoms with van der Waals surface area (Å²) in [5.41, 5.74) is 0.0993. The Kier molecular flexibility index (Phi) is 3.75. The van der Waals surface area contributed by atoms with Crippen LogP contribution in [0.5, 0.6) is 0 Å². The van der Waals surface area contributed by atoms with Crippen molar-refractivity contribution in [3.8, 4) is 0 Å². The highest BCUT2D eigenvalue weighted by Gasteiger charge is 2.13. The smallest absolute Gasteiger partial charge is 0.288 e. The summed E-state index contributed by atoms with van der Waals surface area (Å²) in [6.45, 7) is -0.0332. The molecule has 80 valence electrons. The Labute approximate surface area is 85.8 Å². The molecular formula is C9H10N2O4. The molecule has 0 unspecified atom stereocenters. The Morgan fingerprint density at radius 1 is 1.60 bits per heavy atom. The predicted molar refractivity (Wildman–Crippen MR) is 52.8 cm³/mol. The van der Waals surface area contributed by atoms with E-state index in [1.54, 1.807) is 6.08 Å². The molecule has 15 heavy (non-hydrogen) atoms. The summed E-state index contributed by atoms with van der Waals surface area (Å²) in [6.07, 6.45) is 5.60. The highest BCUT2D eigenvalue weighted by Crippen LogP contribution is 2.17. The first-order valence-electron chi connectivity index (χ1n) is 4.29. The molecule has 1 aromatic heterocycles. The van der Waals surface area contributed by atoms with E-state index in [0.29, 0.717) is 11.2 Å². The lowest BCUT2D eigenvalue weighted by Gasteiger charge is -1.98. The highest BCUT2D eigenvalue weighted by molar-refractivity contribution is 5.58. The van der Waals surface area contributed by atoms with Crippen molar-refractivity contribution in [2.45, 2.75) is 6.42 Å². The molecule has 0 spiro atoms. The van der Waals surface area contributed by atoms with Crippen molar-refractivity contribution in [3.63, 3.8) is 0 Å². The number of aromatic nitrogens is 1. The van der Waals surface area contributed by atoms with E-state index in [-0.39, 0.29) is 17.9 Å². The summed E-state index contributed by atoms with van der Waals surface area (Å²) in [5, 5.41) is 30.0. The number of hydrogen-bond acceptors (Lipinski definition) is 4. The molecule has 0 saturated carbocycles. The summed E-state index contributed by atoms with van der Waals surface area (Å²) in [5.74, 6) is 0. The molecule has 0 radical (unpaired) electrons. The van der Waals surface area contributed by atoms with Gasteiger partial charge in [0.05, 0.1) is 11.0 Å². The number of aliphatic hydroxyl groups excluding tert-OH is 1. The molecule has 0 aromatic carbocycles. The van der Waals surface area contributed by atoms with E-state index in [0.717, 1.165) is 18.5 Å². The van der Waals surface area contributed by atoms with Gasteiger partial charge in [0, 0.05) is 6.61 Å². The SMILES string of the molecule is O=[N+]([O-])c1cc[n+]([O-])cc1C=CCCO. The topological polar surface area (TPSA) is 90.3 Å². The van der Waals surface area contributed by atoms with Crippen LogP contribution in [0.1, 0.15) is 12.0 Å². The van der Waals surface area contributed by atoms with Gasteiger partial charge in [-0.15, -0.1) is 0 Å². The number of rotatable bonds is 4. The van der Waals surface area contributed by atoms with Gasteiger partial charge in [-0.2, -0.15) is 4.73 Å². The van der Waals surface area contributed by atoms with Crippen LogP contribution in [0, 0.1) is 15.3 Å². The Bertz CT molecular complexity index is 390. The number of nitrogens with zero attached hydrogens (tertiary/aromatic N) is 2. The molecule has 0 fully saturated rings. The molecule has 0 amide bonds. The second kappa shape index (κ2) is 5.06. The van der Waals surface area contributed by atoms with E-state index >= 15 is 0 Å². The molecule has 0 bridgehead atoms. The van der Waals surface area contributed by atoms with Crippen LogP contribution in [-0.2, 0) is 0 Å². The third-order valence-corrected chi connectivity index (χ3v) is 1.73. The lowest BCUT2D eigenvalue weighted by molar-refractivity contribution is -0.606. The van der Waals surface area contributed by atoms with Crippen LogP contribution >= 0.6 is 0 Å². The van der Waals surface area contributed by atoms with E-state index in [2.05, 4.69) is 0 Å². The fourth-order valence-corrected chi connectivity index (χ4v) is 1.07. The molecule has 0 saturated heterocycles. The van der Waals surface area contributed by atoms with Crippen LogP contribution in [-0.4, -0.2) is 16.6 Å². The first-order chi connectivity index (χ1) is 7.15. The van der Waals surface area contributed by atoms with Gasteiger partial charge >= 0.3 is 0 Å². The highest BCUT2D eigenvalue weighted by atomic mass is 16.6. The molecule has 1 heterocycles. The zero-order chi connectivity index (χ0) is 11.3. The van der Waals surface area contributed by atoms with E-state index in [9.17, 15) is 15.3 Å². The standard InChI is InChI=1S/C9H10N2O4/c12-6-2-1-3-8-7-10(13)5-4-9(8)11(14)15/h1,3-5,7,12H,2,6H2. The number of pyridine rings is 1. The Morgan fingerprint density at radius 3 is 2.93 bits per heavy atom. The van der Waals surface area contributed by atoms with E-state index in [1.807, 2.05) is 0 Å². The normalized spacial score (nSPS) is 10.7. The van der Waals surface area contributed by atoms with Crippen LogP contribution in [0.25, 0.3) is 6.08 Å². The van der Waals surface area contributed by atoms with Gasteiger partial charge in [0.15, 0.2) is 12.4 Å². The minimum Gasteiger partial charge on any atom is -0.619 e. The third-order valence-electron chi connectivity index (χ3n) is 1.73. The fourth-order valence-electron chi connectivity index (χ4n) is 1.07. The molecule has 1 N–H and O–H groups in total. The summed E-state index contributed by atoms with van der Waals surface area (Å²) >= 11 is 0. The van der Waals surface area contributed by atoms with Gasteiger partial charge in [0.25, 0.3) is 5.69 Å². The minimum atomic E-state index is -0.557. The monoisotopic (exact) mass is 210 g/mol. The minimum absolute atomic E-state index is 0.0332. The predicted octanol–water partition coefficient (Wildman–Crippen LogP) is 0.624. The number of aliphatic hydroxyl groups is 1. The third kappa shape index (κ3) is 3.03. The van der Waals surface area contributed by atoms with Crippen LogP contribution in [0.4, 0.5) is 5.69 Å². The Morgan fingerprint density at radius 2 is 2.33 bits per heavy atom. The lowest BCUT2D eigenvalue weighted by atomic mass is 10.2. The Hall–Kier alpha value is -1.95. The molecule has 0 aliphatic heterocycles. The molecule has 0 aliphatic rings. The van der Waals surface area contributed by atoms with Crippen LogP contribution in [0.15, 0.2) is 24.5 Å². The van der Waals surface area contributed by atoms with Gasteiger partial charge in [-0.05, 0) is 12.5 Å². The largest absolute Gasteiger partial charge is 0.619 e. The van der Waals surface area contributed by atoms with Crippen molar-refractivity contribution >= 4 is 11.8 Å². The maximum Gasteiger partial charge on any atom is 0.288 e. The molecule has 1 aromatic rings. The average molecular weight is 210 g/mol. The fraction of sp³-hybridized carbons (Fsp3) is 0.222. The molecule has 1 rings (SSSR count). The second-order valence-electron chi connectivity index (χ2n) is 2.82. The summed E-state index contributed by atoms with van der Waals surface area (Å²) in [6, 6.07) is 1.14. The van der Waals surface area contributed by atoms with Gasteiger partial charge in [0.2, 0.25) is 0 Å². The van der Waals surface area contributed by atoms with Crippen molar-refractivity contribution < 1.29 is 14.8 Å². The quantitative estimate of drug-likeness (QED) is 0.341. The van der Waals surface area contributed by atoms with E-state index in [1.165, 1.54) is 6.08 Å².